The Morgan fingerprint density at radius 2 is 1.72 bits per heavy atom. The molecule has 0 saturated carbocycles. The van der Waals surface area contributed by atoms with Gasteiger partial charge >= 0.3 is 0 Å². The number of aromatic nitrogens is 1. The van der Waals surface area contributed by atoms with E-state index in [9.17, 15) is 18.0 Å². The molecule has 0 aliphatic rings. The maximum atomic E-state index is 12.6. The van der Waals surface area contributed by atoms with Crippen molar-refractivity contribution in [3.05, 3.63) is 58.8 Å². The maximum absolute atomic E-state index is 12.6. The Balaban J connectivity index is 1.90. The van der Waals surface area contributed by atoms with Crippen molar-refractivity contribution in [2.24, 2.45) is 5.92 Å². The van der Waals surface area contributed by atoms with Crippen LogP contribution in [0.15, 0.2) is 58.2 Å². The van der Waals surface area contributed by atoms with Crippen molar-refractivity contribution in [2.75, 3.05) is 13.1 Å². The molecule has 0 aliphatic heterocycles. The van der Waals surface area contributed by atoms with Crippen LogP contribution in [-0.4, -0.2) is 44.3 Å². The Bertz CT molecular complexity index is 934. The number of amides is 2. The Kier molecular flexibility index (Phi) is 8.30. The van der Waals surface area contributed by atoms with Crippen LogP contribution in [0.2, 0.25) is 0 Å². The molecule has 0 saturated heterocycles. The zero-order valence-corrected chi connectivity index (χ0v) is 18.5. The van der Waals surface area contributed by atoms with E-state index >= 15 is 0 Å². The number of carbonyl (C=O) groups is 2. The van der Waals surface area contributed by atoms with Crippen LogP contribution < -0.4 is 15.4 Å². The van der Waals surface area contributed by atoms with E-state index in [0.29, 0.717) is 5.56 Å². The summed E-state index contributed by atoms with van der Waals surface area (Å²) in [7, 11) is -3.85. The van der Waals surface area contributed by atoms with Gasteiger partial charge in [-0.15, -0.1) is 0 Å². The Labute approximate surface area is 178 Å². The van der Waals surface area contributed by atoms with Crippen molar-refractivity contribution < 1.29 is 18.0 Å². The summed E-state index contributed by atoms with van der Waals surface area (Å²) >= 11 is 3.26. The molecule has 29 heavy (non-hydrogen) atoms. The quantitative estimate of drug-likeness (QED) is 0.470. The molecule has 2 amide bonds. The number of nitrogens with zero attached hydrogens (tertiary/aromatic N) is 1. The van der Waals surface area contributed by atoms with Gasteiger partial charge in [-0.25, -0.2) is 8.42 Å². The molecule has 2 aromatic rings. The van der Waals surface area contributed by atoms with Crippen LogP contribution in [0.25, 0.3) is 0 Å². The third kappa shape index (κ3) is 6.91. The molecule has 1 atom stereocenters. The smallest absolute Gasteiger partial charge is 0.252 e. The standard InChI is InChI=1S/C19H23BrN4O4S/c1-13(2)17(24-29(27,28)16-7-5-15(20)6-8-16)19(26)23-11-10-22-18(25)14-4-3-9-21-12-14/h3-9,12-13,17,24H,10-11H2,1-2H3,(H,22,25)(H,23,26)/t17-/m0/s1. The van der Waals surface area contributed by atoms with Crippen molar-refractivity contribution in [1.29, 1.82) is 0 Å². The van der Waals surface area contributed by atoms with E-state index in [-0.39, 0.29) is 29.8 Å². The summed E-state index contributed by atoms with van der Waals surface area (Å²) in [5.41, 5.74) is 0.418. The van der Waals surface area contributed by atoms with Crippen LogP contribution in [0.3, 0.4) is 0 Å². The molecule has 1 aromatic carbocycles. The lowest BCUT2D eigenvalue weighted by atomic mass is 10.1. The fourth-order valence-electron chi connectivity index (χ4n) is 2.41. The molecule has 1 heterocycles. The number of sulfonamides is 1. The number of nitrogens with one attached hydrogen (secondary N) is 3. The molecular weight excluding hydrogens is 460 g/mol. The largest absolute Gasteiger partial charge is 0.353 e. The average Bonchev–Trinajstić information content (AvgIpc) is 2.70. The lowest BCUT2D eigenvalue weighted by Crippen LogP contribution is -2.50. The zero-order valence-electron chi connectivity index (χ0n) is 16.1. The minimum Gasteiger partial charge on any atom is -0.353 e. The molecule has 0 aliphatic carbocycles. The molecule has 0 bridgehead atoms. The van der Waals surface area contributed by atoms with Gasteiger partial charge in [-0.05, 0) is 42.3 Å². The summed E-state index contributed by atoms with van der Waals surface area (Å²) in [5, 5.41) is 5.32. The number of rotatable bonds is 9. The molecule has 156 valence electrons. The Hall–Kier alpha value is -2.30. The lowest BCUT2D eigenvalue weighted by Gasteiger charge is -2.21. The maximum Gasteiger partial charge on any atom is 0.252 e. The van der Waals surface area contributed by atoms with Gasteiger partial charge in [-0.1, -0.05) is 29.8 Å². The van der Waals surface area contributed by atoms with Crippen LogP contribution >= 0.6 is 15.9 Å². The fourth-order valence-corrected chi connectivity index (χ4v) is 4.02. The van der Waals surface area contributed by atoms with Gasteiger partial charge < -0.3 is 10.6 Å². The highest BCUT2D eigenvalue weighted by molar-refractivity contribution is 9.10. The predicted octanol–water partition coefficient (Wildman–Crippen LogP) is 1.69. The molecule has 8 nitrogen and oxygen atoms in total. The van der Waals surface area contributed by atoms with E-state index in [2.05, 4.69) is 36.3 Å². The van der Waals surface area contributed by atoms with E-state index < -0.39 is 22.0 Å². The third-order valence-corrected chi connectivity index (χ3v) is 5.97. The van der Waals surface area contributed by atoms with E-state index in [1.165, 1.54) is 18.3 Å². The average molecular weight is 483 g/mol. The van der Waals surface area contributed by atoms with E-state index in [1.54, 1.807) is 44.3 Å². The molecule has 2 rings (SSSR count). The Morgan fingerprint density at radius 3 is 2.31 bits per heavy atom. The van der Waals surface area contributed by atoms with Gasteiger partial charge in [-0.3, -0.25) is 14.6 Å². The number of hydrogen-bond donors (Lipinski definition) is 3. The number of hydrogen-bond acceptors (Lipinski definition) is 5. The van der Waals surface area contributed by atoms with Crippen LogP contribution in [0, 0.1) is 5.92 Å². The first-order valence-corrected chi connectivity index (χ1v) is 11.2. The highest BCUT2D eigenvalue weighted by Crippen LogP contribution is 2.16. The highest BCUT2D eigenvalue weighted by Gasteiger charge is 2.28. The number of pyridine rings is 1. The highest BCUT2D eigenvalue weighted by atomic mass is 79.9. The van der Waals surface area contributed by atoms with E-state index in [1.807, 2.05) is 0 Å². The second-order valence-corrected chi connectivity index (χ2v) is 9.22. The van der Waals surface area contributed by atoms with Crippen LogP contribution in [-0.2, 0) is 14.8 Å². The minimum absolute atomic E-state index is 0.0721. The second kappa shape index (κ2) is 10.5. The normalized spacial score (nSPS) is 12.4. The first kappa shape index (κ1) is 23.0. The molecule has 0 fully saturated rings. The molecule has 0 radical (unpaired) electrons. The monoisotopic (exact) mass is 482 g/mol. The van der Waals surface area contributed by atoms with Crippen molar-refractivity contribution in [2.45, 2.75) is 24.8 Å². The van der Waals surface area contributed by atoms with Gasteiger partial charge in [0.1, 0.15) is 6.04 Å². The summed E-state index contributed by atoms with van der Waals surface area (Å²) in [5.74, 6) is -1.04. The number of carbonyl (C=O) groups excluding carboxylic acids is 2. The minimum atomic E-state index is -3.85. The van der Waals surface area contributed by atoms with Crippen LogP contribution in [0.4, 0.5) is 0 Å². The number of halogens is 1. The first-order chi connectivity index (χ1) is 13.7. The van der Waals surface area contributed by atoms with Gasteiger partial charge in [0, 0.05) is 30.0 Å². The van der Waals surface area contributed by atoms with Crippen molar-refractivity contribution in [3.63, 3.8) is 0 Å². The molecule has 1 aromatic heterocycles. The summed E-state index contributed by atoms with van der Waals surface area (Å²) in [6.45, 7) is 3.86. The van der Waals surface area contributed by atoms with Crippen molar-refractivity contribution in [1.82, 2.24) is 20.3 Å². The lowest BCUT2D eigenvalue weighted by molar-refractivity contribution is -0.123. The summed E-state index contributed by atoms with van der Waals surface area (Å²) in [6.07, 6.45) is 3.01. The summed E-state index contributed by atoms with van der Waals surface area (Å²) < 4.78 is 28.3. The van der Waals surface area contributed by atoms with Gasteiger partial charge in [0.2, 0.25) is 15.9 Å². The van der Waals surface area contributed by atoms with Crippen LogP contribution in [0.1, 0.15) is 24.2 Å². The van der Waals surface area contributed by atoms with E-state index in [0.717, 1.165) is 4.47 Å². The van der Waals surface area contributed by atoms with Crippen molar-refractivity contribution >= 4 is 37.8 Å². The Morgan fingerprint density at radius 1 is 1.07 bits per heavy atom. The second-order valence-electron chi connectivity index (χ2n) is 6.59. The molecular formula is C19H23BrN4O4S. The molecule has 0 unspecified atom stereocenters. The zero-order chi connectivity index (χ0) is 21.4. The SMILES string of the molecule is CC(C)[C@H](NS(=O)(=O)c1ccc(Br)cc1)C(=O)NCCNC(=O)c1cccnc1. The number of benzene rings is 1. The summed E-state index contributed by atoms with van der Waals surface area (Å²) in [6, 6.07) is 8.48. The van der Waals surface area contributed by atoms with Gasteiger partial charge in [0.25, 0.3) is 5.91 Å². The van der Waals surface area contributed by atoms with Gasteiger partial charge in [0.15, 0.2) is 0 Å². The van der Waals surface area contributed by atoms with E-state index in [4.69, 9.17) is 0 Å². The first-order valence-electron chi connectivity index (χ1n) is 8.94. The molecule has 0 spiro atoms. The third-order valence-electron chi connectivity index (χ3n) is 3.99. The van der Waals surface area contributed by atoms with Gasteiger partial charge in [-0.2, -0.15) is 4.72 Å². The van der Waals surface area contributed by atoms with Gasteiger partial charge in [0.05, 0.1) is 10.5 Å². The predicted molar refractivity (Wildman–Crippen MR) is 113 cm³/mol. The molecule has 3 N–H and O–H groups in total. The fraction of sp³-hybridized carbons (Fsp3) is 0.316. The molecule has 10 heteroatoms. The van der Waals surface area contributed by atoms with Crippen molar-refractivity contribution in [3.8, 4) is 0 Å². The van der Waals surface area contributed by atoms with Crippen LogP contribution in [0.5, 0.6) is 0 Å². The topological polar surface area (TPSA) is 117 Å². The summed E-state index contributed by atoms with van der Waals surface area (Å²) in [4.78, 5) is 28.4.